The lowest BCUT2D eigenvalue weighted by Gasteiger charge is -1.89. The van der Waals surface area contributed by atoms with Gasteiger partial charge < -0.3 is 10.1 Å². The van der Waals surface area contributed by atoms with Gasteiger partial charge in [0.05, 0.1) is 0 Å². The highest BCUT2D eigenvalue weighted by Crippen LogP contribution is 2.25. The number of ether oxygens (including phenoxy) is 1. The van der Waals surface area contributed by atoms with Crippen molar-refractivity contribution in [1.29, 1.82) is 0 Å². The summed E-state index contributed by atoms with van der Waals surface area (Å²) in [7, 11) is 0. The zero-order chi connectivity index (χ0) is 4.85. The van der Waals surface area contributed by atoms with Gasteiger partial charge in [0.15, 0.2) is 6.10 Å². The van der Waals surface area contributed by atoms with Gasteiger partial charge in [-0.05, 0) is 0 Å². The average molecular weight is 99.1 g/mol. The predicted molar refractivity (Wildman–Crippen MR) is 21.7 cm³/mol. The molecule has 38 valence electrons. The summed E-state index contributed by atoms with van der Waals surface area (Å²) in [6.45, 7) is 0.726. The summed E-state index contributed by atoms with van der Waals surface area (Å²) in [4.78, 5) is 10.4. The molecular weight excluding hydrogens is 94.0 g/mol. The number of carbonyl (C=O) groups is 1. The molecule has 0 bridgehead atoms. The molecule has 2 unspecified atom stereocenters. The van der Waals surface area contributed by atoms with Crippen LogP contribution in [0.5, 0.6) is 0 Å². The van der Waals surface area contributed by atoms with Crippen molar-refractivity contribution in [2.45, 2.75) is 12.2 Å². The number of rotatable bonds is 0. The minimum Gasteiger partial charge on any atom is -0.357 e. The normalized spacial score (nSPS) is 45.4. The summed E-state index contributed by atoms with van der Waals surface area (Å²) >= 11 is 0. The van der Waals surface area contributed by atoms with Crippen molar-refractivity contribution in [3.8, 4) is 0 Å². The van der Waals surface area contributed by atoms with E-state index < -0.39 is 0 Å². The molecule has 7 heavy (non-hydrogen) atoms. The Balaban J connectivity index is 2.21. The number of epoxide rings is 1. The van der Waals surface area contributed by atoms with E-state index in [-0.39, 0.29) is 18.1 Å². The summed E-state index contributed by atoms with van der Waals surface area (Å²) in [5, 5.41) is 2.66. The van der Waals surface area contributed by atoms with Crippen LogP contribution < -0.4 is 5.32 Å². The molecule has 1 amide bonds. The van der Waals surface area contributed by atoms with Crippen molar-refractivity contribution >= 4 is 5.91 Å². The van der Waals surface area contributed by atoms with Gasteiger partial charge in [-0.15, -0.1) is 0 Å². The maximum Gasteiger partial charge on any atom is 0.252 e. The number of carbonyl (C=O) groups excluding carboxylic acids is 1. The summed E-state index contributed by atoms with van der Waals surface area (Å²) < 4.78 is 4.85. The highest BCUT2D eigenvalue weighted by Gasteiger charge is 2.50. The Labute approximate surface area is 40.6 Å². The standard InChI is InChI=1S/C4H5NO2/c6-4-3-2(7-3)1-5-4/h2-3H,1H2,(H,5,6). The van der Waals surface area contributed by atoms with Crippen LogP contribution in [0, 0.1) is 0 Å². The minimum absolute atomic E-state index is 0.0602. The lowest BCUT2D eigenvalue weighted by Crippen LogP contribution is -2.21. The van der Waals surface area contributed by atoms with Crippen molar-refractivity contribution in [2.24, 2.45) is 0 Å². The zero-order valence-corrected chi connectivity index (χ0v) is 3.68. The molecule has 3 nitrogen and oxygen atoms in total. The highest BCUT2D eigenvalue weighted by molar-refractivity contribution is 5.86. The first-order valence-corrected chi connectivity index (χ1v) is 2.31. The minimum atomic E-state index is -0.0694. The lowest BCUT2D eigenvalue weighted by atomic mass is 10.4. The molecule has 3 heteroatoms. The third kappa shape index (κ3) is 0.307. The highest BCUT2D eigenvalue weighted by atomic mass is 16.6. The van der Waals surface area contributed by atoms with Crippen LogP contribution in [0.4, 0.5) is 0 Å². The molecule has 0 aliphatic carbocycles. The van der Waals surface area contributed by atoms with E-state index in [1.165, 1.54) is 0 Å². The van der Waals surface area contributed by atoms with Crippen LogP contribution in [0.2, 0.25) is 0 Å². The van der Waals surface area contributed by atoms with Gasteiger partial charge in [0.1, 0.15) is 6.10 Å². The summed E-state index contributed by atoms with van der Waals surface area (Å²) in [6.07, 6.45) is 0.160. The first-order valence-electron chi connectivity index (χ1n) is 2.31. The topological polar surface area (TPSA) is 41.6 Å². The summed E-state index contributed by atoms with van der Waals surface area (Å²) in [6, 6.07) is 0. The molecule has 2 aliphatic rings. The third-order valence-electron chi connectivity index (χ3n) is 1.32. The molecule has 1 N–H and O–H groups in total. The Morgan fingerprint density at radius 3 is 2.86 bits per heavy atom. The van der Waals surface area contributed by atoms with Gasteiger partial charge in [0.2, 0.25) is 0 Å². The van der Waals surface area contributed by atoms with Crippen LogP contribution in [0.15, 0.2) is 0 Å². The molecule has 2 rings (SSSR count). The van der Waals surface area contributed by atoms with E-state index in [9.17, 15) is 4.79 Å². The Morgan fingerprint density at radius 1 is 1.86 bits per heavy atom. The zero-order valence-electron chi connectivity index (χ0n) is 3.68. The predicted octanol–water partition coefficient (Wildman–Crippen LogP) is -1.12. The van der Waals surface area contributed by atoms with E-state index in [0.717, 1.165) is 6.54 Å². The second-order valence-corrected chi connectivity index (χ2v) is 1.84. The van der Waals surface area contributed by atoms with E-state index in [0.29, 0.717) is 0 Å². The van der Waals surface area contributed by atoms with Crippen molar-refractivity contribution < 1.29 is 9.53 Å². The molecule has 0 aromatic heterocycles. The monoisotopic (exact) mass is 99.0 g/mol. The number of hydrogen-bond donors (Lipinski definition) is 1. The first-order chi connectivity index (χ1) is 3.38. The van der Waals surface area contributed by atoms with Crippen molar-refractivity contribution in [3.05, 3.63) is 0 Å². The van der Waals surface area contributed by atoms with Gasteiger partial charge in [-0.3, -0.25) is 4.79 Å². The van der Waals surface area contributed by atoms with Crippen molar-refractivity contribution in [2.75, 3.05) is 6.54 Å². The molecule has 0 saturated carbocycles. The quantitative estimate of drug-likeness (QED) is 0.391. The lowest BCUT2D eigenvalue weighted by molar-refractivity contribution is -0.121. The second-order valence-electron chi connectivity index (χ2n) is 1.84. The fourth-order valence-corrected chi connectivity index (χ4v) is 0.831. The molecular formula is C4H5NO2. The fraction of sp³-hybridized carbons (Fsp3) is 0.750. The van der Waals surface area contributed by atoms with Gasteiger partial charge in [0, 0.05) is 6.54 Å². The van der Waals surface area contributed by atoms with E-state index in [1.807, 2.05) is 0 Å². The number of nitrogens with one attached hydrogen (secondary N) is 1. The molecule has 2 heterocycles. The SMILES string of the molecule is O=C1NCC2OC12. The van der Waals surface area contributed by atoms with Crippen LogP contribution in [0.3, 0.4) is 0 Å². The Bertz CT molecular complexity index is 123. The average Bonchev–Trinajstić information content (AvgIpc) is 2.33. The number of morpholine rings is 1. The number of amides is 1. The molecule has 0 radical (unpaired) electrons. The van der Waals surface area contributed by atoms with Crippen LogP contribution in [-0.2, 0) is 9.53 Å². The molecule has 2 atom stereocenters. The van der Waals surface area contributed by atoms with Crippen LogP contribution in [-0.4, -0.2) is 24.7 Å². The smallest absolute Gasteiger partial charge is 0.252 e. The molecule has 2 saturated heterocycles. The van der Waals surface area contributed by atoms with Gasteiger partial charge in [-0.25, -0.2) is 0 Å². The second kappa shape index (κ2) is 0.816. The van der Waals surface area contributed by atoms with Gasteiger partial charge >= 0.3 is 0 Å². The maximum absolute atomic E-state index is 10.4. The number of fused-ring (bicyclic) bond motifs is 1. The first kappa shape index (κ1) is 3.43. The fourth-order valence-electron chi connectivity index (χ4n) is 0.831. The summed E-state index contributed by atoms with van der Waals surface area (Å²) in [5.74, 6) is 0.0602. The summed E-state index contributed by atoms with van der Waals surface area (Å²) in [5.41, 5.74) is 0. The van der Waals surface area contributed by atoms with Gasteiger partial charge in [0.25, 0.3) is 5.91 Å². The van der Waals surface area contributed by atoms with E-state index in [1.54, 1.807) is 0 Å². The number of hydrogen-bond acceptors (Lipinski definition) is 2. The Morgan fingerprint density at radius 2 is 2.71 bits per heavy atom. The van der Waals surface area contributed by atoms with Crippen molar-refractivity contribution in [1.82, 2.24) is 5.32 Å². The molecule has 0 aromatic rings. The molecule has 2 fully saturated rings. The third-order valence-corrected chi connectivity index (χ3v) is 1.32. The van der Waals surface area contributed by atoms with Crippen LogP contribution in [0.1, 0.15) is 0 Å². The van der Waals surface area contributed by atoms with Gasteiger partial charge in [-0.1, -0.05) is 0 Å². The van der Waals surface area contributed by atoms with E-state index >= 15 is 0 Å². The van der Waals surface area contributed by atoms with Gasteiger partial charge in [-0.2, -0.15) is 0 Å². The Hall–Kier alpha value is -0.570. The molecule has 0 aromatic carbocycles. The largest absolute Gasteiger partial charge is 0.357 e. The van der Waals surface area contributed by atoms with E-state index in [2.05, 4.69) is 5.32 Å². The van der Waals surface area contributed by atoms with E-state index in [4.69, 9.17) is 4.74 Å². The molecule has 0 spiro atoms. The van der Waals surface area contributed by atoms with Crippen molar-refractivity contribution in [3.63, 3.8) is 0 Å². The molecule has 2 aliphatic heterocycles. The van der Waals surface area contributed by atoms with Crippen LogP contribution >= 0.6 is 0 Å². The van der Waals surface area contributed by atoms with Crippen LogP contribution in [0.25, 0.3) is 0 Å². The maximum atomic E-state index is 10.4. The Kier molecular flexibility index (Phi) is 0.400.